The van der Waals surface area contributed by atoms with E-state index in [1.54, 1.807) is 20.8 Å². The van der Waals surface area contributed by atoms with Crippen LogP contribution in [0.2, 0.25) is 0 Å². The minimum absolute atomic E-state index is 0.0520. The van der Waals surface area contributed by atoms with Gasteiger partial charge in [0, 0.05) is 30.9 Å². The third-order valence-electron chi connectivity index (χ3n) is 2.53. The van der Waals surface area contributed by atoms with Crippen molar-refractivity contribution in [3.05, 3.63) is 11.3 Å². The van der Waals surface area contributed by atoms with E-state index in [0.29, 0.717) is 24.3 Å². The van der Waals surface area contributed by atoms with E-state index >= 15 is 0 Å². The Morgan fingerprint density at radius 1 is 1.38 bits per heavy atom. The Balaban J connectivity index is 3.26. The molecule has 0 radical (unpaired) electrons. The molecule has 7 heteroatoms. The molecule has 1 rings (SSSR count). The van der Waals surface area contributed by atoms with Crippen LogP contribution in [0.25, 0.3) is 0 Å². The SMILES string of the molecule is CCN(CC)S(=O)(=O)c1n[nH]c(C)c1CN. The lowest BCUT2D eigenvalue weighted by molar-refractivity contribution is 0.442. The van der Waals surface area contributed by atoms with Crippen molar-refractivity contribution in [1.82, 2.24) is 14.5 Å². The number of sulfonamides is 1. The summed E-state index contributed by atoms with van der Waals surface area (Å²) in [4.78, 5) is 0. The first-order valence-electron chi connectivity index (χ1n) is 5.23. The number of hydrogen-bond donors (Lipinski definition) is 2. The van der Waals surface area contributed by atoms with Crippen LogP contribution in [0, 0.1) is 6.92 Å². The van der Waals surface area contributed by atoms with Crippen LogP contribution in [0.1, 0.15) is 25.1 Å². The molecule has 0 fully saturated rings. The number of rotatable bonds is 5. The molecule has 16 heavy (non-hydrogen) atoms. The zero-order valence-corrected chi connectivity index (χ0v) is 10.6. The number of nitrogens with zero attached hydrogens (tertiary/aromatic N) is 2. The molecular formula is C9H18N4O2S. The summed E-state index contributed by atoms with van der Waals surface area (Å²) >= 11 is 0. The van der Waals surface area contributed by atoms with Crippen LogP contribution in [0.15, 0.2) is 5.03 Å². The zero-order valence-electron chi connectivity index (χ0n) is 9.82. The van der Waals surface area contributed by atoms with E-state index in [2.05, 4.69) is 10.2 Å². The minimum Gasteiger partial charge on any atom is -0.326 e. The lowest BCUT2D eigenvalue weighted by atomic mass is 10.3. The summed E-state index contributed by atoms with van der Waals surface area (Å²) in [5.41, 5.74) is 6.80. The second-order valence-corrected chi connectivity index (χ2v) is 5.28. The fourth-order valence-electron chi connectivity index (χ4n) is 1.57. The predicted octanol–water partition coefficient (Wildman–Crippen LogP) is 0.207. The largest absolute Gasteiger partial charge is 0.326 e. The molecule has 0 saturated carbocycles. The summed E-state index contributed by atoms with van der Waals surface area (Å²) in [6, 6.07) is 0. The molecule has 1 aromatic heterocycles. The van der Waals surface area contributed by atoms with Crippen LogP contribution in [0.5, 0.6) is 0 Å². The first-order chi connectivity index (χ1) is 7.48. The standard InChI is InChI=1S/C9H18N4O2S/c1-4-13(5-2)16(14,15)9-8(6-10)7(3)11-12-9/h4-6,10H2,1-3H3,(H,11,12). The van der Waals surface area contributed by atoms with Gasteiger partial charge in [0.2, 0.25) is 0 Å². The van der Waals surface area contributed by atoms with Crippen LogP contribution in [-0.2, 0) is 16.6 Å². The molecule has 1 heterocycles. The Bertz CT molecular complexity index is 448. The lowest BCUT2D eigenvalue weighted by Gasteiger charge is -2.17. The van der Waals surface area contributed by atoms with Crippen molar-refractivity contribution in [3.63, 3.8) is 0 Å². The molecule has 6 nitrogen and oxygen atoms in total. The van der Waals surface area contributed by atoms with Crippen molar-refractivity contribution in [2.45, 2.75) is 32.3 Å². The van der Waals surface area contributed by atoms with Gasteiger partial charge in [-0.2, -0.15) is 9.40 Å². The van der Waals surface area contributed by atoms with Gasteiger partial charge in [-0.3, -0.25) is 5.10 Å². The molecule has 0 spiro atoms. The summed E-state index contributed by atoms with van der Waals surface area (Å²) in [7, 11) is -3.51. The fraction of sp³-hybridized carbons (Fsp3) is 0.667. The Kier molecular flexibility index (Phi) is 4.06. The maximum absolute atomic E-state index is 12.2. The van der Waals surface area contributed by atoms with Gasteiger partial charge in [-0.25, -0.2) is 8.42 Å². The van der Waals surface area contributed by atoms with Crippen LogP contribution >= 0.6 is 0 Å². The van der Waals surface area contributed by atoms with Gasteiger partial charge in [-0.15, -0.1) is 0 Å². The number of nitrogens with two attached hydrogens (primary N) is 1. The van der Waals surface area contributed by atoms with Crippen molar-refractivity contribution in [1.29, 1.82) is 0 Å². The molecule has 1 aromatic rings. The average Bonchev–Trinajstić information content (AvgIpc) is 2.61. The molecule has 0 amide bonds. The molecule has 0 aliphatic rings. The van der Waals surface area contributed by atoms with Gasteiger partial charge >= 0.3 is 0 Å². The molecule has 0 aliphatic carbocycles. The molecular weight excluding hydrogens is 228 g/mol. The Morgan fingerprint density at radius 2 is 1.94 bits per heavy atom. The van der Waals surface area contributed by atoms with Crippen molar-refractivity contribution in [3.8, 4) is 0 Å². The van der Waals surface area contributed by atoms with Gasteiger partial charge in [0.15, 0.2) is 5.03 Å². The number of H-pyrrole nitrogens is 1. The van der Waals surface area contributed by atoms with E-state index < -0.39 is 10.0 Å². The first-order valence-corrected chi connectivity index (χ1v) is 6.67. The summed E-state index contributed by atoms with van der Waals surface area (Å²) < 4.78 is 25.7. The monoisotopic (exact) mass is 246 g/mol. The number of aryl methyl sites for hydroxylation is 1. The highest BCUT2D eigenvalue weighted by Crippen LogP contribution is 2.19. The van der Waals surface area contributed by atoms with E-state index in [0.717, 1.165) is 0 Å². The maximum atomic E-state index is 12.2. The first kappa shape index (κ1) is 13.1. The summed E-state index contributed by atoms with van der Waals surface area (Å²) in [6.45, 7) is 6.36. The van der Waals surface area contributed by atoms with E-state index in [1.807, 2.05) is 0 Å². The van der Waals surface area contributed by atoms with Gasteiger partial charge in [-0.05, 0) is 6.92 Å². The molecule has 0 saturated heterocycles. The van der Waals surface area contributed by atoms with E-state index in [1.165, 1.54) is 4.31 Å². The van der Waals surface area contributed by atoms with Crippen molar-refractivity contribution >= 4 is 10.0 Å². The molecule has 3 N–H and O–H groups in total. The van der Waals surface area contributed by atoms with Crippen LogP contribution in [0.4, 0.5) is 0 Å². The second-order valence-electron chi connectivity index (χ2n) is 3.43. The molecule has 0 bridgehead atoms. The summed E-state index contributed by atoms with van der Waals surface area (Å²) in [5, 5.41) is 6.55. The number of aromatic amines is 1. The molecule has 0 aliphatic heterocycles. The van der Waals surface area contributed by atoms with Gasteiger partial charge in [0.1, 0.15) is 0 Å². The van der Waals surface area contributed by atoms with Crippen molar-refractivity contribution in [2.75, 3.05) is 13.1 Å². The summed E-state index contributed by atoms with van der Waals surface area (Å²) in [6.07, 6.45) is 0. The quantitative estimate of drug-likeness (QED) is 0.776. The van der Waals surface area contributed by atoms with Gasteiger partial charge in [-0.1, -0.05) is 13.8 Å². The van der Waals surface area contributed by atoms with Crippen LogP contribution < -0.4 is 5.73 Å². The normalized spacial score (nSPS) is 12.3. The fourth-order valence-corrected chi connectivity index (χ4v) is 3.20. The minimum atomic E-state index is -3.51. The zero-order chi connectivity index (χ0) is 12.3. The summed E-state index contributed by atoms with van der Waals surface area (Å²) in [5.74, 6) is 0. The lowest BCUT2D eigenvalue weighted by Crippen LogP contribution is -2.31. The number of hydrogen-bond acceptors (Lipinski definition) is 4. The third kappa shape index (κ3) is 2.11. The molecule has 0 unspecified atom stereocenters. The third-order valence-corrected chi connectivity index (χ3v) is 4.55. The van der Waals surface area contributed by atoms with Crippen molar-refractivity contribution < 1.29 is 8.42 Å². The topological polar surface area (TPSA) is 92.1 Å². The van der Waals surface area contributed by atoms with Gasteiger partial charge < -0.3 is 5.73 Å². The second kappa shape index (κ2) is 4.94. The predicted molar refractivity (Wildman–Crippen MR) is 61.3 cm³/mol. The molecule has 0 aromatic carbocycles. The highest BCUT2D eigenvalue weighted by molar-refractivity contribution is 7.89. The van der Waals surface area contributed by atoms with Crippen LogP contribution in [-0.4, -0.2) is 36.0 Å². The van der Waals surface area contributed by atoms with E-state index in [-0.39, 0.29) is 11.6 Å². The highest BCUT2D eigenvalue weighted by Gasteiger charge is 2.27. The maximum Gasteiger partial charge on any atom is 0.262 e. The van der Waals surface area contributed by atoms with Gasteiger partial charge in [0.25, 0.3) is 10.0 Å². The Labute approximate surface area is 95.9 Å². The number of nitrogens with one attached hydrogen (secondary N) is 1. The smallest absolute Gasteiger partial charge is 0.262 e. The molecule has 92 valence electrons. The van der Waals surface area contributed by atoms with Crippen molar-refractivity contribution in [2.24, 2.45) is 5.73 Å². The number of aromatic nitrogens is 2. The highest BCUT2D eigenvalue weighted by atomic mass is 32.2. The molecule has 0 atom stereocenters. The van der Waals surface area contributed by atoms with E-state index in [9.17, 15) is 8.42 Å². The Morgan fingerprint density at radius 3 is 2.38 bits per heavy atom. The van der Waals surface area contributed by atoms with Gasteiger partial charge in [0.05, 0.1) is 0 Å². The van der Waals surface area contributed by atoms with Crippen LogP contribution in [0.3, 0.4) is 0 Å². The Hall–Kier alpha value is -0.920. The van der Waals surface area contributed by atoms with E-state index in [4.69, 9.17) is 5.73 Å². The average molecular weight is 246 g/mol.